The molecule has 1 aliphatic rings. The second-order valence-corrected chi connectivity index (χ2v) is 10.4. The number of aliphatic imine (C=N–C) groups is 1. The van der Waals surface area contributed by atoms with Crippen molar-refractivity contribution in [2.24, 2.45) is 10.9 Å². The number of fused-ring (bicyclic) bond motifs is 1. The Kier molecular flexibility index (Phi) is 6.60. The predicted octanol–water partition coefficient (Wildman–Crippen LogP) is 7.26. The van der Waals surface area contributed by atoms with Crippen molar-refractivity contribution < 1.29 is 4.79 Å². The number of hydrogen-bond acceptors (Lipinski definition) is 3. The molecule has 1 fully saturated rings. The van der Waals surface area contributed by atoms with Crippen molar-refractivity contribution in [2.75, 3.05) is 6.54 Å². The SMILES string of the molecule is Cc1ccc(N=C2S/C(=C/c3cn(Cc4ccccc4)c4ccccc34)C(=O)N2CC(C)C)cc1. The summed E-state index contributed by atoms with van der Waals surface area (Å²) in [5, 5.41) is 1.88. The van der Waals surface area contributed by atoms with Crippen LogP contribution >= 0.6 is 11.8 Å². The van der Waals surface area contributed by atoms with E-state index in [1.165, 1.54) is 22.9 Å². The molecule has 1 aliphatic heterocycles. The van der Waals surface area contributed by atoms with E-state index < -0.39 is 0 Å². The average molecular weight is 480 g/mol. The molecular weight excluding hydrogens is 450 g/mol. The van der Waals surface area contributed by atoms with Crippen LogP contribution in [-0.2, 0) is 11.3 Å². The zero-order chi connectivity index (χ0) is 24.4. The van der Waals surface area contributed by atoms with Crippen LogP contribution in [0.4, 0.5) is 5.69 Å². The highest BCUT2D eigenvalue weighted by molar-refractivity contribution is 8.18. The zero-order valence-electron chi connectivity index (χ0n) is 20.3. The maximum Gasteiger partial charge on any atom is 0.266 e. The lowest BCUT2D eigenvalue weighted by Gasteiger charge is -2.17. The third-order valence-corrected chi connectivity index (χ3v) is 7.00. The number of thioether (sulfide) groups is 1. The van der Waals surface area contributed by atoms with Crippen LogP contribution in [0.2, 0.25) is 0 Å². The van der Waals surface area contributed by atoms with Crippen molar-refractivity contribution in [3.63, 3.8) is 0 Å². The van der Waals surface area contributed by atoms with Crippen molar-refractivity contribution in [3.8, 4) is 0 Å². The molecule has 0 atom stereocenters. The average Bonchev–Trinajstić information content (AvgIpc) is 3.33. The molecule has 176 valence electrons. The van der Waals surface area contributed by atoms with Crippen LogP contribution in [0.25, 0.3) is 17.0 Å². The number of para-hydroxylation sites is 1. The number of benzene rings is 3. The number of aryl methyl sites for hydroxylation is 1. The van der Waals surface area contributed by atoms with Crippen LogP contribution in [0.15, 0.2) is 95.0 Å². The van der Waals surface area contributed by atoms with Gasteiger partial charge in [-0.2, -0.15) is 0 Å². The lowest BCUT2D eigenvalue weighted by Crippen LogP contribution is -2.32. The van der Waals surface area contributed by atoms with E-state index in [-0.39, 0.29) is 5.91 Å². The summed E-state index contributed by atoms with van der Waals surface area (Å²) >= 11 is 1.46. The van der Waals surface area contributed by atoms with Crippen LogP contribution in [0.1, 0.15) is 30.5 Å². The summed E-state index contributed by atoms with van der Waals surface area (Å²) in [6.07, 6.45) is 4.18. The minimum atomic E-state index is 0.0226. The molecule has 1 saturated heterocycles. The summed E-state index contributed by atoms with van der Waals surface area (Å²) in [6.45, 7) is 7.74. The van der Waals surface area contributed by atoms with Crippen molar-refractivity contribution in [3.05, 3.63) is 107 Å². The number of amides is 1. The molecule has 0 bridgehead atoms. The third kappa shape index (κ3) is 5.10. The number of carbonyl (C=O) groups is 1. The van der Waals surface area contributed by atoms with Gasteiger partial charge in [0.15, 0.2) is 5.17 Å². The van der Waals surface area contributed by atoms with Gasteiger partial charge in [-0.15, -0.1) is 0 Å². The number of nitrogens with zero attached hydrogens (tertiary/aromatic N) is 3. The van der Waals surface area contributed by atoms with Crippen molar-refractivity contribution >= 4 is 45.5 Å². The Bertz CT molecular complexity index is 1420. The van der Waals surface area contributed by atoms with Gasteiger partial charge in [-0.05, 0) is 54.4 Å². The highest BCUT2D eigenvalue weighted by Crippen LogP contribution is 2.36. The lowest BCUT2D eigenvalue weighted by atomic mass is 10.1. The molecular formula is C30H29N3OS. The fourth-order valence-corrected chi connectivity index (χ4v) is 5.29. The summed E-state index contributed by atoms with van der Waals surface area (Å²) in [5.41, 5.74) is 5.50. The second-order valence-electron chi connectivity index (χ2n) is 9.37. The molecule has 35 heavy (non-hydrogen) atoms. The van der Waals surface area contributed by atoms with Crippen molar-refractivity contribution in [1.82, 2.24) is 9.47 Å². The fraction of sp³-hybridized carbons (Fsp3) is 0.200. The molecule has 1 aromatic heterocycles. The van der Waals surface area contributed by atoms with Gasteiger partial charge in [-0.1, -0.05) is 80.1 Å². The first-order chi connectivity index (χ1) is 17.0. The van der Waals surface area contributed by atoms with Crippen LogP contribution in [-0.4, -0.2) is 27.1 Å². The molecule has 0 N–H and O–H groups in total. The Morgan fingerprint density at radius 2 is 1.66 bits per heavy atom. The molecule has 4 aromatic rings. The smallest absolute Gasteiger partial charge is 0.266 e. The molecule has 5 heteroatoms. The predicted molar refractivity (Wildman–Crippen MR) is 148 cm³/mol. The first-order valence-electron chi connectivity index (χ1n) is 12.0. The minimum absolute atomic E-state index is 0.0226. The van der Waals surface area contributed by atoms with E-state index in [1.54, 1.807) is 0 Å². The van der Waals surface area contributed by atoms with Gasteiger partial charge in [-0.25, -0.2) is 4.99 Å². The Balaban J connectivity index is 1.52. The summed E-state index contributed by atoms with van der Waals surface area (Å²) in [6, 6.07) is 26.9. The summed E-state index contributed by atoms with van der Waals surface area (Å²) in [4.78, 5) is 20.9. The summed E-state index contributed by atoms with van der Waals surface area (Å²) in [7, 11) is 0. The van der Waals surface area contributed by atoms with E-state index in [0.29, 0.717) is 17.4 Å². The minimum Gasteiger partial charge on any atom is -0.342 e. The molecule has 2 heterocycles. The standard InChI is InChI=1S/C30H29N3OS/c1-21(2)18-33-29(34)28(35-30(33)31-25-15-13-22(3)14-16-25)17-24-20-32(19-23-9-5-4-6-10-23)27-12-8-7-11-26(24)27/h4-17,20-21H,18-19H2,1-3H3/b28-17+,31-30?. The van der Waals surface area contributed by atoms with E-state index >= 15 is 0 Å². The van der Waals surface area contributed by atoms with Gasteiger partial charge in [-0.3, -0.25) is 9.69 Å². The monoisotopic (exact) mass is 479 g/mol. The van der Waals surface area contributed by atoms with Gasteiger partial charge in [0.25, 0.3) is 5.91 Å². The molecule has 1 amide bonds. The third-order valence-electron chi connectivity index (χ3n) is 6.00. The molecule has 0 unspecified atom stereocenters. The highest BCUT2D eigenvalue weighted by Gasteiger charge is 2.34. The number of rotatable bonds is 6. The van der Waals surface area contributed by atoms with Crippen LogP contribution in [0.5, 0.6) is 0 Å². The molecule has 0 spiro atoms. The number of carbonyl (C=O) groups excluding carboxylic acids is 1. The molecule has 0 saturated carbocycles. The van der Waals surface area contributed by atoms with Crippen molar-refractivity contribution in [2.45, 2.75) is 27.3 Å². The van der Waals surface area contributed by atoms with Gasteiger partial charge < -0.3 is 4.57 Å². The second kappa shape index (κ2) is 9.96. The largest absolute Gasteiger partial charge is 0.342 e. The Hall–Kier alpha value is -3.57. The van der Waals surface area contributed by atoms with Gasteiger partial charge in [0, 0.05) is 35.8 Å². The van der Waals surface area contributed by atoms with Crippen LogP contribution in [0, 0.1) is 12.8 Å². The fourth-order valence-electron chi connectivity index (χ4n) is 4.29. The maximum absolute atomic E-state index is 13.5. The number of hydrogen-bond donors (Lipinski definition) is 0. The van der Waals surface area contributed by atoms with Gasteiger partial charge >= 0.3 is 0 Å². The normalized spacial score (nSPS) is 16.3. The number of aromatic nitrogens is 1. The summed E-state index contributed by atoms with van der Waals surface area (Å²) < 4.78 is 2.26. The quantitative estimate of drug-likeness (QED) is 0.273. The van der Waals surface area contributed by atoms with E-state index in [4.69, 9.17) is 4.99 Å². The Labute approximate surface area is 211 Å². The lowest BCUT2D eigenvalue weighted by molar-refractivity contribution is -0.122. The topological polar surface area (TPSA) is 37.6 Å². The van der Waals surface area contributed by atoms with E-state index in [2.05, 4.69) is 80.1 Å². The maximum atomic E-state index is 13.5. The van der Waals surface area contributed by atoms with E-state index in [1.807, 2.05) is 41.3 Å². The molecule has 3 aromatic carbocycles. The van der Waals surface area contributed by atoms with Crippen LogP contribution < -0.4 is 0 Å². The van der Waals surface area contributed by atoms with Gasteiger partial charge in [0.05, 0.1) is 10.6 Å². The van der Waals surface area contributed by atoms with Gasteiger partial charge in [0.2, 0.25) is 0 Å². The zero-order valence-corrected chi connectivity index (χ0v) is 21.1. The molecule has 0 radical (unpaired) electrons. The first-order valence-corrected chi connectivity index (χ1v) is 12.8. The number of amidine groups is 1. The van der Waals surface area contributed by atoms with Gasteiger partial charge in [0.1, 0.15) is 0 Å². The Morgan fingerprint density at radius 3 is 2.40 bits per heavy atom. The highest BCUT2D eigenvalue weighted by atomic mass is 32.2. The molecule has 5 rings (SSSR count). The van der Waals surface area contributed by atoms with Crippen molar-refractivity contribution in [1.29, 1.82) is 0 Å². The van der Waals surface area contributed by atoms with E-state index in [0.717, 1.165) is 33.9 Å². The molecule has 4 nitrogen and oxygen atoms in total. The summed E-state index contributed by atoms with van der Waals surface area (Å²) in [5.74, 6) is 0.365. The molecule has 0 aliphatic carbocycles. The van der Waals surface area contributed by atoms with Crippen LogP contribution in [0.3, 0.4) is 0 Å². The Morgan fingerprint density at radius 1 is 0.943 bits per heavy atom. The first kappa shape index (κ1) is 23.2. The van der Waals surface area contributed by atoms with E-state index in [9.17, 15) is 4.79 Å².